The lowest BCUT2D eigenvalue weighted by Gasteiger charge is -2.09. The van der Waals surface area contributed by atoms with Crippen LogP contribution < -0.4 is 5.56 Å². The molecule has 0 radical (unpaired) electrons. The van der Waals surface area contributed by atoms with Crippen molar-refractivity contribution in [3.05, 3.63) is 34.5 Å². The molecule has 2 aromatic rings. The number of fused-ring (bicyclic) bond motifs is 1. The van der Waals surface area contributed by atoms with E-state index in [1.54, 1.807) is 23.6 Å². The largest absolute Gasteiger partial charge is 0.300 e. The van der Waals surface area contributed by atoms with Crippen molar-refractivity contribution >= 4 is 39.1 Å². The number of ketones is 1. The van der Waals surface area contributed by atoms with Crippen LogP contribution in [0.4, 0.5) is 0 Å². The minimum atomic E-state index is -0.0229. The van der Waals surface area contributed by atoms with Crippen molar-refractivity contribution in [3.8, 4) is 0 Å². The van der Waals surface area contributed by atoms with Crippen molar-refractivity contribution in [2.24, 2.45) is 0 Å². The van der Waals surface area contributed by atoms with Gasteiger partial charge in [0.1, 0.15) is 10.6 Å². The molecular formula is C14H16N2O2S2. The van der Waals surface area contributed by atoms with Gasteiger partial charge in [0.25, 0.3) is 5.56 Å². The van der Waals surface area contributed by atoms with Crippen LogP contribution in [0.5, 0.6) is 0 Å². The third-order valence-corrected chi connectivity index (χ3v) is 4.63. The van der Waals surface area contributed by atoms with Gasteiger partial charge in [0.05, 0.1) is 5.39 Å². The van der Waals surface area contributed by atoms with E-state index in [0.29, 0.717) is 23.5 Å². The first kappa shape index (κ1) is 15.0. The molecular weight excluding hydrogens is 292 g/mol. The minimum absolute atomic E-state index is 0.0229. The Labute approximate surface area is 125 Å². The summed E-state index contributed by atoms with van der Waals surface area (Å²) in [6, 6.07) is 1.80. The van der Waals surface area contributed by atoms with E-state index in [9.17, 15) is 9.59 Å². The first-order chi connectivity index (χ1) is 9.63. The third kappa shape index (κ3) is 3.37. The summed E-state index contributed by atoms with van der Waals surface area (Å²) >= 11 is 2.99. The predicted molar refractivity (Wildman–Crippen MR) is 84.7 cm³/mol. The van der Waals surface area contributed by atoms with Crippen molar-refractivity contribution in [3.63, 3.8) is 0 Å². The van der Waals surface area contributed by atoms with Gasteiger partial charge in [-0.1, -0.05) is 17.8 Å². The third-order valence-electron chi connectivity index (χ3n) is 2.76. The Balaban J connectivity index is 2.25. The molecule has 0 aliphatic heterocycles. The molecule has 106 valence electrons. The van der Waals surface area contributed by atoms with Gasteiger partial charge in [0.2, 0.25) is 0 Å². The van der Waals surface area contributed by atoms with Crippen LogP contribution in [0.25, 0.3) is 10.2 Å². The van der Waals surface area contributed by atoms with Crippen LogP contribution in [0, 0.1) is 0 Å². The molecule has 0 fully saturated rings. The Kier molecular flexibility index (Phi) is 5.14. The zero-order chi connectivity index (χ0) is 14.5. The van der Waals surface area contributed by atoms with Crippen LogP contribution in [-0.4, -0.2) is 21.1 Å². The van der Waals surface area contributed by atoms with E-state index >= 15 is 0 Å². The van der Waals surface area contributed by atoms with Gasteiger partial charge in [0.15, 0.2) is 5.16 Å². The first-order valence-electron chi connectivity index (χ1n) is 6.34. The average Bonchev–Trinajstić information content (AvgIpc) is 2.87. The number of hydrogen-bond acceptors (Lipinski definition) is 5. The van der Waals surface area contributed by atoms with Gasteiger partial charge in [-0.2, -0.15) is 0 Å². The Hall–Kier alpha value is -1.40. The molecule has 6 heteroatoms. The fourth-order valence-electron chi connectivity index (χ4n) is 1.81. The monoisotopic (exact) mass is 308 g/mol. The number of thioether (sulfide) groups is 1. The van der Waals surface area contributed by atoms with E-state index in [0.717, 1.165) is 17.0 Å². The molecule has 4 nitrogen and oxygen atoms in total. The molecule has 20 heavy (non-hydrogen) atoms. The molecule has 2 aromatic heterocycles. The van der Waals surface area contributed by atoms with Gasteiger partial charge >= 0.3 is 0 Å². The van der Waals surface area contributed by atoms with E-state index in [1.807, 2.05) is 5.38 Å². The highest BCUT2D eigenvalue weighted by atomic mass is 32.2. The fraction of sp³-hybridized carbons (Fsp3) is 0.357. The number of carbonyl (C=O) groups is 1. The molecule has 0 aromatic carbocycles. The van der Waals surface area contributed by atoms with Crippen molar-refractivity contribution in [1.82, 2.24) is 9.55 Å². The van der Waals surface area contributed by atoms with Crippen LogP contribution in [0.15, 0.2) is 34.1 Å². The van der Waals surface area contributed by atoms with Gasteiger partial charge < -0.3 is 4.79 Å². The highest BCUT2D eigenvalue weighted by Gasteiger charge is 2.11. The molecule has 0 aliphatic rings. The molecule has 0 atom stereocenters. The number of allylic oxidation sites excluding steroid dienone is 1. The Morgan fingerprint density at radius 3 is 3.10 bits per heavy atom. The standard InChI is InChI=1S/C14H16N2O2S2/c1-3-7-16-13(18)11-6-9-19-12(11)15-14(16)20-8-4-5-10(2)17/h3,6,9H,1,4-5,7-8H2,2H3. The zero-order valence-electron chi connectivity index (χ0n) is 11.3. The number of thiophene rings is 1. The molecule has 0 bridgehead atoms. The van der Waals surface area contributed by atoms with Crippen LogP contribution in [0.1, 0.15) is 19.8 Å². The van der Waals surface area contributed by atoms with Gasteiger partial charge in [0, 0.05) is 18.7 Å². The molecule has 2 rings (SSSR count). The maximum atomic E-state index is 12.4. The van der Waals surface area contributed by atoms with Gasteiger partial charge in [-0.3, -0.25) is 9.36 Å². The smallest absolute Gasteiger partial charge is 0.263 e. The second-order valence-electron chi connectivity index (χ2n) is 4.39. The van der Waals surface area contributed by atoms with Crippen LogP contribution in [0.3, 0.4) is 0 Å². The lowest BCUT2D eigenvalue weighted by atomic mass is 10.3. The van der Waals surface area contributed by atoms with Crippen molar-refractivity contribution < 1.29 is 4.79 Å². The molecule has 0 amide bonds. The van der Waals surface area contributed by atoms with Crippen molar-refractivity contribution in [2.75, 3.05) is 5.75 Å². The summed E-state index contributed by atoms with van der Waals surface area (Å²) in [6.45, 7) is 5.73. The Bertz CT molecular complexity index is 688. The average molecular weight is 308 g/mol. The van der Waals surface area contributed by atoms with Crippen molar-refractivity contribution in [2.45, 2.75) is 31.5 Å². The van der Waals surface area contributed by atoms with E-state index < -0.39 is 0 Å². The zero-order valence-corrected chi connectivity index (χ0v) is 12.9. The van der Waals surface area contributed by atoms with E-state index in [1.165, 1.54) is 23.1 Å². The maximum Gasteiger partial charge on any atom is 0.263 e. The Morgan fingerprint density at radius 1 is 1.60 bits per heavy atom. The summed E-state index contributed by atoms with van der Waals surface area (Å²) in [6.07, 6.45) is 3.06. The Morgan fingerprint density at radius 2 is 2.40 bits per heavy atom. The normalized spacial score (nSPS) is 10.8. The SMILES string of the molecule is C=CCn1c(SCCCC(C)=O)nc2sccc2c1=O. The second kappa shape index (κ2) is 6.85. The van der Waals surface area contributed by atoms with Crippen LogP contribution >= 0.6 is 23.1 Å². The highest BCUT2D eigenvalue weighted by molar-refractivity contribution is 7.99. The number of Topliss-reactive ketones (excluding diaryl/α,β-unsaturated/α-hetero) is 1. The van der Waals surface area contributed by atoms with E-state index in [-0.39, 0.29) is 11.3 Å². The van der Waals surface area contributed by atoms with Gasteiger partial charge in [-0.05, 0) is 24.8 Å². The summed E-state index contributed by atoms with van der Waals surface area (Å²) in [5.74, 6) is 0.968. The number of hydrogen-bond donors (Lipinski definition) is 0. The summed E-state index contributed by atoms with van der Waals surface area (Å²) in [5.41, 5.74) is -0.0229. The molecule has 0 spiro atoms. The first-order valence-corrected chi connectivity index (χ1v) is 8.21. The lowest BCUT2D eigenvalue weighted by molar-refractivity contribution is -0.117. The molecule has 0 unspecified atom stereocenters. The second-order valence-corrected chi connectivity index (χ2v) is 6.35. The summed E-state index contributed by atoms with van der Waals surface area (Å²) < 4.78 is 1.64. The van der Waals surface area contributed by atoms with Gasteiger partial charge in [-0.15, -0.1) is 17.9 Å². The number of carbonyl (C=O) groups excluding carboxylic acids is 1. The molecule has 0 aliphatic carbocycles. The molecule has 0 saturated carbocycles. The number of rotatable bonds is 7. The van der Waals surface area contributed by atoms with Crippen molar-refractivity contribution in [1.29, 1.82) is 0 Å². The highest BCUT2D eigenvalue weighted by Crippen LogP contribution is 2.22. The van der Waals surface area contributed by atoms with Gasteiger partial charge in [-0.25, -0.2) is 4.98 Å². The fourth-order valence-corrected chi connectivity index (χ4v) is 3.57. The number of nitrogens with zero attached hydrogens (tertiary/aromatic N) is 2. The van der Waals surface area contributed by atoms with E-state index in [4.69, 9.17) is 0 Å². The molecule has 0 N–H and O–H groups in total. The predicted octanol–water partition coefficient (Wildman–Crippen LogP) is 3.11. The number of aromatic nitrogens is 2. The topological polar surface area (TPSA) is 52.0 Å². The van der Waals surface area contributed by atoms with Crippen LogP contribution in [-0.2, 0) is 11.3 Å². The molecule has 2 heterocycles. The van der Waals surface area contributed by atoms with E-state index in [2.05, 4.69) is 11.6 Å². The lowest BCUT2D eigenvalue weighted by Crippen LogP contribution is -2.22. The maximum absolute atomic E-state index is 12.4. The summed E-state index contributed by atoms with van der Waals surface area (Å²) in [4.78, 5) is 28.6. The summed E-state index contributed by atoms with van der Waals surface area (Å²) in [5, 5.41) is 3.24. The molecule has 0 saturated heterocycles. The quantitative estimate of drug-likeness (QED) is 0.341. The summed E-state index contributed by atoms with van der Waals surface area (Å²) in [7, 11) is 0. The van der Waals surface area contributed by atoms with Crippen LogP contribution in [0.2, 0.25) is 0 Å². The minimum Gasteiger partial charge on any atom is -0.300 e.